The summed E-state index contributed by atoms with van der Waals surface area (Å²) in [6.45, 7) is 1.97. The zero-order valence-corrected chi connectivity index (χ0v) is 19.9. The molecule has 0 saturated carbocycles. The van der Waals surface area contributed by atoms with E-state index in [4.69, 9.17) is 0 Å². The molecular weight excluding hydrogens is 482 g/mol. The molecule has 2 saturated heterocycles. The molecule has 2 aliphatic rings. The number of amides is 2. The van der Waals surface area contributed by atoms with E-state index in [1.807, 2.05) is 18.2 Å². The number of nitrogens with zero attached hydrogens (tertiary/aromatic N) is 3. The minimum atomic E-state index is -3.86. The number of piperidine rings is 1. The predicted molar refractivity (Wildman–Crippen MR) is 122 cm³/mol. The van der Waals surface area contributed by atoms with Crippen LogP contribution in [0.5, 0.6) is 0 Å². The van der Waals surface area contributed by atoms with E-state index in [0.717, 1.165) is 41.2 Å². The molecule has 0 aliphatic carbocycles. The van der Waals surface area contributed by atoms with Gasteiger partial charge in [-0.2, -0.15) is 4.31 Å². The Kier molecular flexibility index (Phi) is 6.37. The highest BCUT2D eigenvalue weighted by Crippen LogP contribution is 2.27. The summed E-state index contributed by atoms with van der Waals surface area (Å²) in [7, 11) is -2.41. The van der Waals surface area contributed by atoms with Gasteiger partial charge in [0.1, 0.15) is 6.04 Å². The summed E-state index contributed by atoms with van der Waals surface area (Å²) in [6.07, 6.45) is 3.09. The van der Waals surface area contributed by atoms with Gasteiger partial charge in [0.2, 0.25) is 21.8 Å². The summed E-state index contributed by atoms with van der Waals surface area (Å²) < 4.78 is 28.7. The van der Waals surface area contributed by atoms with E-state index in [0.29, 0.717) is 19.4 Å². The summed E-state index contributed by atoms with van der Waals surface area (Å²) in [5, 5.41) is 1.74. The van der Waals surface area contributed by atoms with Crippen LogP contribution in [0.3, 0.4) is 0 Å². The average molecular weight is 508 g/mol. The first-order valence-electron chi connectivity index (χ1n) is 10.5. The third kappa shape index (κ3) is 4.49. The monoisotopic (exact) mass is 507 g/mol. The molecule has 166 valence electrons. The second-order valence-corrected chi connectivity index (χ2v) is 11.1. The van der Waals surface area contributed by atoms with Gasteiger partial charge < -0.3 is 9.80 Å². The van der Waals surface area contributed by atoms with E-state index < -0.39 is 16.1 Å². The van der Waals surface area contributed by atoms with Crippen LogP contribution in [0.15, 0.2) is 45.8 Å². The van der Waals surface area contributed by atoms with E-state index in [2.05, 4.69) is 15.9 Å². The van der Waals surface area contributed by atoms with Crippen LogP contribution in [0.1, 0.15) is 25.7 Å². The molecular formula is C22H26BrN3O4S. The quantitative estimate of drug-likeness (QED) is 0.623. The van der Waals surface area contributed by atoms with E-state index in [1.165, 1.54) is 16.3 Å². The van der Waals surface area contributed by atoms with Crippen LogP contribution in [-0.4, -0.2) is 73.6 Å². The molecule has 0 aromatic heterocycles. The van der Waals surface area contributed by atoms with Crippen LogP contribution in [0.4, 0.5) is 0 Å². The van der Waals surface area contributed by atoms with E-state index in [1.54, 1.807) is 23.1 Å². The van der Waals surface area contributed by atoms with Crippen molar-refractivity contribution in [3.8, 4) is 0 Å². The van der Waals surface area contributed by atoms with Gasteiger partial charge in [0.15, 0.2) is 0 Å². The molecule has 9 heteroatoms. The number of likely N-dealkylation sites (tertiary alicyclic amines) is 2. The van der Waals surface area contributed by atoms with Gasteiger partial charge in [-0.1, -0.05) is 28.1 Å². The molecule has 7 nitrogen and oxygen atoms in total. The zero-order valence-electron chi connectivity index (χ0n) is 17.5. The van der Waals surface area contributed by atoms with Gasteiger partial charge in [0, 0.05) is 31.2 Å². The number of fused-ring (bicyclic) bond motifs is 1. The smallest absolute Gasteiger partial charge is 0.243 e. The van der Waals surface area contributed by atoms with Crippen molar-refractivity contribution in [3.63, 3.8) is 0 Å². The van der Waals surface area contributed by atoms with E-state index >= 15 is 0 Å². The van der Waals surface area contributed by atoms with Crippen molar-refractivity contribution in [2.45, 2.75) is 36.6 Å². The van der Waals surface area contributed by atoms with Crippen molar-refractivity contribution in [1.29, 1.82) is 0 Å². The van der Waals surface area contributed by atoms with Crippen molar-refractivity contribution in [2.24, 2.45) is 0 Å². The van der Waals surface area contributed by atoms with Gasteiger partial charge in [0.25, 0.3) is 0 Å². The van der Waals surface area contributed by atoms with Crippen LogP contribution in [0, 0.1) is 0 Å². The number of carbonyl (C=O) groups excluding carboxylic acids is 2. The van der Waals surface area contributed by atoms with Crippen molar-refractivity contribution < 1.29 is 18.0 Å². The first-order chi connectivity index (χ1) is 14.8. The van der Waals surface area contributed by atoms with Crippen LogP contribution in [0.25, 0.3) is 10.8 Å². The van der Waals surface area contributed by atoms with Crippen LogP contribution < -0.4 is 0 Å². The number of halogens is 1. The van der Waals surface area contributed by atoms with Gasteiger partial charge in [-0.25, -0.2) is 8.42 Å². The Hall–Kier alpha value is -1.97. The Morgan fingerprint density at radius 3 is 2.48 bits per heavy atom. The largest absolute Gasteiger partial charge is 0.341 e. The van der Waals surface area contributed by atoms with E-state index in [-0.39, 0.29) is 23.3 Å². The zero-order chi connectivity index (χ0) is 22.2. The van der Waals surface area contributed by atoms with Gasteiger partial charge >= 0.3 is 0 Å². The Morgan fingerprint density at radius 1 is 1.06 bits per heavy atom. The Labute approximate surface area is 191 Å². The molecule has 2 aliphatic heterocycles. The fraction of sp³-hybridized carbons (Fsp3) is 0.455. The number of likely N-dealkylation sites (N-methyl/N-ethyl adjacent to an activating group) is 1. The summed E-state index contributed by atoms with van der Waals surface area (Å²) >= 11 is 3.42. The van der Waals surface area contributed by atoms with Gasteiger partial charge in [-0.15, -0.1) is 0 Å². The van der Waals surface area contributed by atoms with Crippen molar-refractivity contribution in [3.05, 3.63) is 40.9 Å². The molecule has 0 N–H and O–H groups in total. The lowest BCUT2D eigenvalue weighted by Gasteiger charge is -2.36. The van der Waals surface area contributed by atoms with Crippen LogP contribution in [-0.2, 0) is 19.6 Å². The second kappa shape index (κ2) is 8.88. The van der Waals surface area contributed by atoms with Crippen molar-refractivity contribution >= 4 is 48.5 Å². The average Bonchev–Trinajstić information content (AvgIpc) is 3.29. The third-order valence-corrected chi connectivity index (χ3v) is 8.53. The third-order valence-electron chi connectivity index (χ3n) is 6.18. The van der Waals surface area contributed by atoms with Crippen molar-refractivity contribution in [1.82, 2.24) is 14.1 Å². The maximum absolute atomic E-state index is 13.3. The topological polar surface area (TPSA) is 78.0 Å². The molecule has 0 unspecified atom stereocenters. The maximum Gasteiger partial charge on any atom is 0.243 e. The number of benzene rings is 2. The summed E-state index contributed by atoms with van der Waals surface area (Å²) in [6, 6.07) is 9.82. The molecule has 2 aromatic rings. The highest BCUT2D eigenvalue weighted by Gasteiger charge is 2.38. The summed E-state index contributed by atoms with van der Waals surface area (Å²) in [5.74, 6) is -0.354. The molecule has 1 atom stereocenters. The maximum atomic E-state index is 13.3. The first kappa shape index (κ1) is 22.2. The number of carbonyl (C=O) groups is 2. The lowest BCUT2D eigenvalue weighted by Crippen LogP contribution is -2.54. The molecule has 2 aromatic carbocycles. The van der Waals surface area contributed by atoms with Crippen LogP contribution >= 0.6 is 15.9 Å². The first-order valence-corrected chi connectivity index (χ1v) is 12.7. The highest BCUT2D eigenvalue weighted by atomic mass is 79.9. The second-order valence-electron chi connectivity index (χ2n) is 8.18. The van der Waals surface area contributed by atoms with Gasteiger partial charge in [0.05, 0.1) is 11.4 Å². The lowest BCUT2D eigenvalue weighted by molar-refractivity contribution is -0.144. The standard InChI is InChI=1S/C22H26BrN3O4S/c1-24(31(29,30)19-9-7-16-13-18(23)8-6-17(16)14-19)20-5-4-12-26(22(20)28)15-21(27)25-10-2-3-11-25/h6-9,13-14,20H,2-5,10-12,15H2,1H3/t20-/m0/s1. The molecule has 2 amide bonds. The number of hydrogen-bond donors (Lipinski definition) is 0. The number of hydrogen-bond acceptors (Lipinski definition) is 4. The fourth-order valence-electron chi connectivity index (χ4n) is 4.33. The number of sulfonamides is 1. The Morgan fingerprint density at radius 2 is 1.74 bits per heavy atom. The Balaban J connectivity index is 1.53. The molecule has 2 fully saturated rings. The lowest BCUT2D eigenvalue weighted by atomic mass is 10.1. The molecule has 0 bridgehead atoms. The molecule has 0 radical (unpaired) electrons. The highest BCUT2D eigenvalue weighted by molar-refractivity contribution is 9.10. The normalized spacial score (nSPS) is 20.1. The molecule has 4 rings (SSSR count). The summed E-state index contributed by atoms with van der Waals surface area (Å²) in [4.78, 5) is 29.0. The SMILES string of the molecule is CN([C@H]1CCCN(CC(=O)N2CCCC2)C1=O)S(=O)(=O)c1ccc2cc(Br)ccc2c1. The number of rotatable bonds is 5. The van der Waals surface area contributed by atoms with Gasteiger partial charge in [-0.3, -0.25) is 9.59 Å². The van der Waals surface area contributed by atoms with E-state index in [9.17, 15) is 18.0 Å². The van der Waals surface area contributed by atoms with Gasteiger partial charge in [-0.05, 0) is 60.7 Å². The molecule has 31 heavy (non-hydrogen) atoms. The molecule has 0 spiro atoms. The molecule has 2 heterocycles. The summed E-state index contributed by atoms with van der Waals surface area (Å²) in [5.41, 5.74) is 0. The van der Waals surface area contributed by atoms with Crippen molar-refractivity contribution in [2.75, 3.05) is 33.2 Å². The Bertz CT molecular complexity index is 1110. The minimum absolute atomic E-state index is 0.0219. The minimum Gasteiger partial charge on any atom is -0.341 e. The fourth-order valence-corrected chi connectivity index (χ4v) is 6.09. The predicted octanol–water partition coefficient (Wildman–Crippen LogP) is 2.84. The van der Waals surface area contributed by atoms with Crippen LogP contribution in [0.2, 0.25) is 0 Å².